The van der Waals surface area contributed by atoms with Crippen molar-refractivity contribution in [2.75, 3.05) is 4.90 Å². The Kier molecular flexibility index (Phi) is 6.32. The van der Waals surface area contributed by atoms with Gasteiger partial charge in [0.15, 0.2) is 5.11 Å². The molecule has 2 amide bonds. The minimum atomic E-state index is -0.515. The topological polar surface area (TPSA) is 49.4 Å². The number of para-hydroxylation sites is 1. The van der Waals surface area contributed by atoms with Gasteiger partial charge in [-0.1, -0.05) is 76.1 Å². The second-order valence-corrected chi connectivity index (χ2v) is 8.56. The van der Waals surface area contributed by atoms with E-state index in [-0.39, 0.29) is 10.7 Å². The lowest BCUT2D eigenvalue weighted by Gasteiger charge is -2.28. The van der Waals surface area contributed by atoms with Gasteiger partial charge in [0.25, 0.3) is 11.8 Å². The van der Waals surface area contributed by atoms with Gasteiger partial charge in [0.05, 0.1) is 5.69 Å². The summed E-state index contributed by atoms with van der Waals surface area (Å²) in [5.41, 5.74) is 3.39. The molecule has 3 aromatic rings. The molecule has 4 rings (SSSR count). The quantitative estimate of drug-likeness (QED) is 0.285. The number of carbonyl (C=O) groups excluding carboxylic acids is 2. The first-order chi connectivity index (χ1) is 14.9. The lowest BCUT2D eigenvalue weighted by atomic mass is 10.0. The SMILES string of the molecule is O=C1NC(=S)N(c2ccccc2)C(=O)/C1=C\c1ccc(Cc2ccccc2Cl)c(Br)c1. The Morgan fingerprint density at radius 1 is 0.968 bits per heavy atom. The Balaban J connectivity index is 1.63. The second kappa shape index (κ2) is 9.14. The van der Waals surface area contributed by atoms with Crippen molar-refractivity contribution in [2.24, 2.45) is 0 Å². The normalized spacial score (nSPS) is 15.4. The number of anilines is 1. The molecule has 1 heterocycles. The van der Waals surface area contributed by atoms with E-state index in [4.69, 9.17) is 23.8 Å². The number of rotatable bonds is 4. The van der Waals surface area contributed by atoms with Gasteiger partial charge in [0, 0.05) is 15.9 Å². The van der Waals surface area contributed by atoms with E-state index >= 15 is 0 Å². The molecule has 0 bridgehead atoms. The molecule has 1 saturated heterocycles. The predicted molar refractivity (Wildman–Crippen MR) is 131 cm³/mol. The van der Waals surface area contributed by atoms with Gasteiger partial charge in [-0.3, -0.25) is 19.8 Å². The lowest BCUT2D eigenvalue weighted by molar-refractivity contribution is -0.122. The van der Waals surface area contributed by atoms with Crippen molar-refractivity contribution in [1.29, 1.82) is 0 Å². The van der Waals surface area contributed by atoms with Gasteiger partial charge in [-0.2, -0.15) is 0 Å². The van der Waals surface area contributed by atoms with E-state index in [1.165, 1.54) is 4.90 Å². The van der Waals surface area contributed by atoms with Gasteiger partial charge < -0.3 is 0 Å². The Morgan fingerprint density at radius 3 is 2.39 bits per heavy atom. The summed E-state index contributed by atoms with van der Waals surface area (Å²) in [5.74, 6) is -0.977. The number of thiocarbonyl (C=S) groups is 1. The molecule has 4 nitrogen and oxygen atoms in total. The van der Waals surface area contributed by atoms with E-state index < -0.39 is 11.8 Å². The van der Waals surface area contributed by atoms with Gasteiger partial charge in [0.1, 0.15) is 5.57 Å². The van der Waals surface area contributed by atoms with Crippen LogP contribution in [-0.4, -0.2) is 16.9 Å². The van der Waals surface area contributed by atoms with Crippen LogP contribution in [0.4, 0.5) is 5.69 Å². The Labute approximate surface area is 198 Å². The highest BCUT2D eigenvalue weighted by molar-refractivity contribution is 9.10. The lowest BCUT2D eigenvalue weighted by Crippen LogP contribution is -2.54. The van der Waals surface area contributed by atoms with E-state index in [0.717, 1.165) is 15.6 Å². The molecular weight excluding hydrogens is 496 g/mol. The molecule has 154 valence electrons. The van der Waals surface area contributed by atoms with Gasteiger partial charge in [-0.15, -0.1) is 0 Å². The maximum absolute atomic E-state index is 13.1. The maximum atomic E-state index is 13.1. The van der Waals surface area contributed by atoms with E-state index in [2.05, 4.69) is 21.2 Å². The van der Waals surface area contributed by atoms with Crippen LogP contribution in [0, 0.1) is 0 Å². The minimum Gasteiger partial charge on any atom is -0.298 e. The van der Waals surface area contributed by atoms with Gasteiger partial charge in [-0.05, 0) is 59.2 Å². The van der Waals surface area contributed by atoms with Crippen LogP contribution in [0.3, 0.4) is 0 Å². The number of hydrogen-bond acceptors (Lipinski definition) is 3. The summed E-state index contributed by atoms with van der Waals surface area (Å²) in [4.78, 5) is 26.9. The molecule has 1 fully saturated rings. The maximum Gasteiger partial charge on any atom is 0.270 e. The number of nitrogens with one attached hydrogen (secondary N) is 1. The van der Waals surface area contributed by atoms with Gasteiger partial charge in [-0.25, -0.2) is 0 Å². The van der Waals surface area contributed by atoms with E-state index in [0.29, 0.717) is 22.7 Å². The van der Waals surface area contributed by atoms with Gasteiger partial charge in [0.2, 0.25) is 0 Å². The highest BCUT2D eigenvalue weighted by atomic mass is 79.9. The smallest absolute Gasteiger partial charge is 0.270 e. The third-order valence-corrected chi connectivity index (χ3v) is 6.23. The largest absolute Gasteiger partial charge is 0.298 e. The average molecular weight is 512 g/mol. The summed E-state index contributed by atoms with van der Waals surface area (Å²) in [6.07, 6.45) is 2.23. The Hall–Kier alpha value is -2.80. The molecule has 1 N–H and O–H groups in total. The number of carbonyl (C=O) groups is 2. The molecule has 0 spiro atoms. The van der Waals surface area contributed by atoms with Crippen LogP contribution < -0.4 is 10.2 Å². The molecule has 31 heavy (non-hydrogen) atoms. The van der Waals surface area contributed by atoms with Crippen LogP contribution >= 0.6 is 39.7 Å². The summed E-state index contributed by atoms with van der Waals surface area (Å²) >= 11 is 15.1. The second-order valence-electron chi connectivity index (χ2n) is 6.91. The Morgan fingerprint density at radius 2 is 1.68 bits per heavy atom. The molecule has 0 atom stereocenters. The summed E-state index contributed by atoms with van der Waals surface area (Å²) in [7, 11) is 0. The third kappa shape index (κ3) is 4.61. The standard InChI is InChI=1S/C24H16BrClN2O2S/c25-20-13-15(10-11-16(20)14-17-6-4-5-9-21(17)26)12-19-22(29)27-24(31)28(23(19)30)18-7-2-1-3-8-18/h1-13H,14H2,(H,27,29,31)/b19-12-. The molecule has 1 aliphatic heterocycles. The van der Waals surface area contributed by atoms with Crippen molar-refractivity contribution in [1.82, 2.24) is 5.32 Å². The van der Waals surface area contributed by atoms with E-state index in [1.54, 1.807) is 30.3 Å². The molecule has 0 aromatic heterocycles. The van der Waals surface area contributed by atoms with Crippen molar-refractivity contribution < 1.29 is 9.59 Å². The monoisotopic (exact) mass is 510 g/mol. The van der Waals surface area contributed by atoms with Crippen LogP contribution in [-0.2, 0) is 16.0 Å². The zero-order chi connectivity index (χ0) is 22.0. The minimum absolute atomic E-state index is 0.0169. The summed E-state index contributed by atoms with van der Waals surface area (Å²) < 4.78 is 0.862. The van der Waals surface area contributed by atoms with Crippen LogP contribution in [0.2, 0.25) is 5.02 Å². The zero-order valence-electron chi connectivity index (χ0n) is 16.1. The highest BCUT2D eigenvalue weighted by Gasteiger charge is 2.34. The fourth-order valence-electron chi connectivity index (χ4n) is 3.28. The number of halogens is 2. The van der Waals surface area contributed by atoms with Crippen molar-refractivity contribution in [3.63, 3.8) is 0 Å². The molecule has 3 aromatic carbocycles. The van der Waals surface area contributed by atoms with Crippen LogP contribution in [0.1, 0.15) is 16.7 Å². The molecule has 7 heteroatoms. The zero-order valence-corrected chi connectivity index (χ0v) is 19.3. The van der Waals surface area contributed by atoms with Crippen molar-refractivity contribution >= 4 is 68.4 Å². The highest BCUT2D eigenvalue weighted by Crippen LogP contribution is 2.27. The predicted octanol–water partition coefficient (Wildman–Crippen LogP) is 5.52. The summed E-state index contributed by atoms with van der Waals surface area (Å²) in [6, 6.07) is 22.4. The first-order valence-electron chi connectivity index (χ1n) is 9.42. The van der Waals surface area contributed by atoms with Crippen LogP contribution in [0.25, 0.3) is 6.08 Å². The Bertz CT molecular complexity index is 1230. The van der Waals surface area contributed by atoms with E-state index in [1.807, 2.05) is 48.5 Å². The van der Waals surface area contributed by atoms with Crippen molar-refractivity contribution in [3.05, 3.63) is 105 Å². The van der Waals surface area contributed by atoms with Crippen molar-refractivity contribution in [2.45, 2.75) is 6.42 Å². The molecule has 0 aliphatic carbocycles. The number of amides is 2. The number of benzene rings is 3. The molecule has 0 saturated carbocycles. The fourth-order valence-corrected chi connectivity index (χ4v) is 4.30. The van der Waals surface area contributed by atoms with Crippen LogP contribution in [0.15, 0.2) is 82.8 Å². The molecule has 0 radical (unpaired) electrons. The number of nitrogens with zero attached hydrogens (tertiary/aromatic N) is 1. The van der Waals surface area contributed by atoms with Crippen molar-refractivity contribution in [3.8, 4) is 0 Å². The third-order valence-electron chi connectivity index (χ3n) is 4.84. The van der Waals surface area contributed by atoms with Crippen LogP contribution in [0.5, 0.6) is 0 Å². The molecular formula is C24H16BrClN2O2S. The van der Waals surface area contributed by atoms with E-state index in [9.17, 15) is 9.59 Å². The summed E-state index contributed by atoms with van der Waals surface area (Å²) in [5, 5.41) is 3.37. The molecule has 1 aliphatic rings. The fraction of sp³-hybridized carbons (Fsp3) is 0.0417. The summed E-state index contributed by atoms with van der Waals surface area (Å²) in [6.45, 7) is 0. The first kappa shape index (κ1) is 21.4. The number of hydrogen-bond donors (Lipinski definition) is 1. The van der Waals surface area contributed by atoms with Gasteiger partial charge >= 0.3 is 0 Å². The molecule has 0 unspecified atom stereocenters. The first-order valence-corrected chi connectivity index (χ1v) is 11.0. The average Bonchev–Trinajstić information content (AvgIpc) is 2.75.